The highest BCUT2D eigenvalue weighted by atomic mass is 32.1. The van der Waals surface area contributed by atoms with E-state index in [1.165, 1.54) is 39.2 Å². The highest BCUT2D eigenvalue weighted by molar-refractivity contribution is 7.21. The molecule has 0 aliphatic heterocycles. The van der Waals surface area contributed by atoms with Gasteiger partial charge < -0.3 is 4.74 Å². The van der Waals surface area contributed by atoms with Crippen LogP contribution in [0.25, 0.3) is 31.3 Å². The first kappa shape index (κ1) is 25.8. The zero-order valence-corrected chi connectivity index (χ0v) is 22.0. The molecule has 2 aromatic heterocycles. The molecule has 11 heteroatoms. The number of aryl methyl sites for hydroxylation is 2. The molecule has 0 saturated carbocycles. The first-order valence-corrected chi connectivity index (χ1v) is 13.2. The summed E-state index contributed by atoms with van der Waals surface area (Å²) in [6.07, 6.45) is 2.07. The number of rotatable bonds is 3. The summed E-state index contributed by atoms with van der Waals surface area (Å²) in [4.78, 5) is 25.0. The molecule has 0 radical (unpaired) electrons. The van der Waals surface area contributed by atoms with Crippen molar-refractivity contribution in [3.05, 3.63) is 74.5 Å². The summed E-state index contributed by atoms with van der Waals surface area (Å²) < 4.78 is 98.6. The fourth-order valence-corrected chi connectivity index (χ4v) is 7.86. The highest BCUT2D eigenvalue weighted by Crippen LogP contribution is 2.67. The van der Waals surface area contributed by atoms with E-state index in [4.69, 9.17) is 4.74 Å². The molecule has 39 heavy (non-hydrogen) atoms. The molecule has 0 spiro atoms. The number of hydrogen-bond donors (Lipinski definition) is 0. The van der Waals surface area contributed by atoms with Crippen LogP contribution < -0.4 is 4.74 Å². The van der Waals surface area contributed by atoms with Crippen molar-refractivity contribution in [2.45, 2.75) is 31.6 Å². The Hall–Kier alpha value is -3.44. The molecule has 6 rings (SSSR count). The SMILES string of the molecule is COc1cc2c(c3c(C)c(C4=C(c5c(C)sc6ccccc56)C(F)(F)C(F)(F)C4(F)F)sc13)C(=O)C=CC2=O. The van der Waals surface area contributed by atoms with E-state index in [-0.39, 0.29) is 48.4 Å². The number of hydrogen-bond acceptors (Lipinski definition) is 5. The summed E-state index contributed by atoms with van der Waals surface area (Å²) >= 11 is 1.59. The zero-order chi connectivity index (χ0) is 28.2. The Morgan fingerprint density at radius 2 is 1.46 bits per heavy atom. The Morgan fingerprint density at radius 3 is 2.15 bits per heavy atom. The lowest BCUT2D eigenvalue weighted by Gasteiger charge is -2.25. The number of halogens is 6. The number of carbonyl (C=O) groups excluding carboxylic acids is 2. The Bertz CT molecular complexity index is 1840. The molecule has 0 saturated heterocycles. The van der Waals surface area contributed by atoms with Crippen molar-refractivity contribution < 1.29 is 40.7 Å². The van der Waals surface area contributed by atoms with Crippen molar-refractivity contribution in [2.75, 3.05) is 7.11 Å². The molecule has 4 aromatic rings. The van der Waals surface area contributed by atoms with Crippen LogP contribution in [0.5, 0.6) is 5.75 Å². The molecule has 2 aromatic carbocycles. The van der Waals surface area contributed by atoms with Crippen LogP contribution in [0.1, 0.15) is 41.6 Å². The summed E-state index contributed by atoms with van der Waals surface area (Å²) in [5.74, 6) is -17.3. The summed E-state index contributed by atoms with van der Waals surface area (Å²) in [7, 11) is 1.25. The molecule has 2 aliphatic carbocycles. The monoisotopic (exact) mass is 578 g/mol. The molecule has 0 amide bonds. The normalized spacial score (nSPS) is 19.4. The lowest BCUT2D eigenvalue weighted by atomic mass is 9.89. The van der Waals surface area contributed by atoms with Crippen LogP contribution in [0.4, 0.5) is 26.3 Å². The van der Waals surface area contributed by atoms with E-state index >= 15 is 26.3 Å². The van der Waals surface area contributed by atoms with Crippen LogP contribution in [-0.2, 0) is 0 Å². The zero-order valence-electron chi connectivity index (χ0n) is 20.4. The minimum absolute atomic E-state index is 0.0266. The first-order chi connectivity index (χ1) is 18.3. The maximum absolute atomic E-state index is 15.7. The molecule has 2 aliphatic rings. The van der Waals surface area contributed by atoms with Crippen molar-refractivity contribution in [2.24, 2.45) is 0 Å². The predicted molar refractivity (Wildman–Crippen MR) is 139 cm³/mol. The molecule has 2 heterocycles. The Labute approximate surface area is 225 Å². The van der Waals surface area contributed by atoms with E-state index in [1.54, 1.807) is 12.1 Å². The van der Waals surface area contributed by atoms with Gasteiger partial charge in [0.2, 0.25) is 0 Å². The van der Waals surface area contributed by atoms with Gasteiger partial charge in [-0.15, -0.1) is 22.7 Å². The second kappa shape index (κ2) is 8.04. The van der Waals surface area contributed by atoms with Crippen molar-refractivity contribution >= 4 is 65.6 Å². The quantitative estimate of drug-likeness (QED) is 0.229. The number of ketones is 2. The van der Waals surface area contributed by atoms with Crippen molar-refractivity contribution in [3.63, 3.8) is 0 Å². The third-order valence-corrected chi connectivity index (χ3v) is 9.61. The lowest BCUT2D eigenvalue weighted by Crippen LogP contribution is -2.48. The predicted octanol–water partition coefficient (Wildman–Crippen LogP) is 8.51. The number of allylic oxidation sites excluding steroid dienone is 4. The van der Waals surface area contributed by atoms with Crippen molar-refractivity contribution in [1.82, 2.24) is 0 Å². The average Bonchev–Trinajstić information content (AvgIpc) is 3.42. The summed E-state index contributed by atoms with van der Waals surface area (Å²) in [5, 5.41) is 0.181. The van der Waals surface area contributed by atoms with Gasteiger partial charge in [-0.3, -0.25) is 9.59 Å². The minimum atomic E-state index is -5.74. The molecule has 0 fully saturated rings. The lowest BCUT2D eigenvalue weighted by molar-refractivity contribution is -0.254. The molecule has 0 bridgehead atoms. The Morgan fingerprint density at radius 1 is 0.821 bits per heavy atom. The largest absolute Gasteiger partial charge is 0.495 e. The third-order valence-electron chi connectivity index (χ3n) is 7.20. The van der Waals surface area contributed by atoms with Gasteiger partial charge in [0.15, 0.2) is 11.6 Å². The number of thiophene rings is 2. The van der Waals surface area contributed by atoms with E-state index in [9.17, 15) is 9.59 Å². The number of methoxy groups -OCH3 is 1. The van der Waals surface area contributed by atoms with Crippen molar-refractivity contribution in [1.29, 1.82) is 0 Å². The van der Waals surface area contributed by atoms with Gasteiger partial charge in [-0.25, -0.2) is 0 Å². The van der Waals surface area contributed by atoms with Crippen LogP contribution in [0.2, 0.25) is 0 Å². The van der Waals surface area contributed by atoms with E-state index in [2.05, 4.69) is 0 Å². The van der Waals surface area contributed by atoms with Crippen LogP contribution >= 0.6 is 22.7 Å². The number of alkyl halides is 6. The van der Waals surface area contributed by atoms with Crippen LogP contribution in [0.3, 0.4) is 0 Å². The van der Waals surface area contributed by atoms with Gasteiger partial charge in [0.25, 0.3) is 0 Å². The van der Waals surface area contributed by atoms with E-state index < -0.39 is 45.4 Å². The number of carbonyl (C=O) groups is 2. The fraction of sp³-hybridized carbons (Fsp3) is 0.214. The van der Waals surface area contributed by atoms with E-state index in [1.807, 2.05) is 0 Å². The van der Waals surface area contributed by atoms with E-state index in [0.29, 0.717) is 16.0 Å². The van der Waals surface area contributed by atoms with Gasteiger partial charge in [0.1, 0.15) is 5.75 Å². The molecule has 0 atom stereocenters. The molecular formula is C28H16F6O3S2. The van der Waals surface area contributed by atoms with Gasteiger partial charge in [-0.05, 0) is 43.7 Å². The molecular weight excluding hydrogens is 562 g/mol. The van der Waals surface area contributed by atoms with Crippen LogP contribution in [0, 0.1) is 13.8 Å². The van der Waals surface area contributed by atoms with Crippen molar-refractivity contribution in [3.8, 4) is 5.75 Å². The van der Waals surface area contributed by atoms with Gasteiger partial charge in [-0.2, -0.15) is 26.3 Å². The summed E-state index contributed by atoms with van der Waals surface area (Å²) in [6.45, 7) is 2.71. The number of fused-ring (bicyclic) bond motifs is 4. The molecule has 0 N–H and O–H groups in total. The van der Waals surface area contributed by atoms with Gasteiger partial charge in [0.05, 0.1) is 17.4 Å². The number of ether oxygens (including phenoxy) is 1. The molecule has 200 valence electrons. The fourth-order valence-electron chi connectivity index (χ4n) is 5.40. The van der Waals surface area contributed by atoms with Gasteiger partial charge in [0, 0.05) is 47.5 Å². The maximum Gasteiger partial charge on any atom is 0.380 e. The summed E-state index contributed by atoms with van der Waals surface area (Å²) in [5.41, 5.74) is -3.58. The van der Waals surface area contributed by atoms with E-state index in [0.717, 1.165) is 23.5 Å². The minimum Gasteiger partial charge on any atom is -0.495 e. The van der Waals surface area contributed by atoms with Crippen LogP contribution in [0.15, 0.2) is 42.5 Å². The standard InChI is InChI=1S/C28H16F6O3S2/c1-11-19-21-14(15(35)8-9-16(21)36)10-17(37-3)25(19)39-24(11)23-22(26(29,30)28(33,34)27(23,31)32)20-12(2)38-18-7-5-4-6-13(18)20/h4-10H,1-3H3. The Balaban J connectivity index is 1.80. The summed E-state index contributed by atoms with van der Waals surface area (Å²) in [6, 6.07) is 7.43. The maximum atomic E-state index is 15.7. The topological polar surface area (TPSA) is 43.4 Å². The molecule has 3 nitrogen and oxygen atoms in total. The Kier molecular flexibility index (Phi) is 5.33. The second-order valence-electron chi connectivity index (χ2n) is 9.33. The second-order valence-corrected chi connectivity index (χ2v) is 11.6. The molecule has 0 unspecified atom stereocenters. The number of benzene rings is 2. The third kappa shape index (κ3) is 3.11. The average molecular weight is 579 g/mol. The first-order valence-electron chi connectivity index (χ1n) is 11.5. The van der Waals surface area contributed by atoms with Gasteiger partial charge in [-0.1, -0.05) is 18.2 Å². The smallest absolute Gasteiger partial charge is 0.380 e. The van der Waals surface area contributed by atoms with Gasteiger partial charge >= 0.3 is 17.8 Å². The van der Waals surface area contributed by atoms with Crippen LogP contribution in [-0.4, -0.2) is 36.4 Å². The highest BCUT2D eigenvalue weighted by Gasteiger charge is 2.80.